The Bertz CT molecular complexity index is 876. The van der Waals surface area contributed by atoms with Gasteiger partial charge in [-0.3, -0.25) is 9.69 Å². The van der Waals surface area contributed by atoms with Gasteiger partial charge in [0.25, 0.3) is 5.91 Å². The largest absolute Gasteiger partial charge is 0.390 e. The number of aromatic nitrogens is 2. The Kier molecular flexibility index (Phi) is 4.93. The number of aliphatic hydroxyl groups excluding tert-OH is 1. The Hall–Kier alpha value is -2.31. The SMILES string of the molecule is CCN(C)[C@H]1c2ccccc2C2(CCN(C(=O)c3cncnc3C)CC2)[C@@H]1O. The number of aliphatic hydroxyl groups is 1. The van der Waals surface area contributed by atoms with Crippen LogP contribution in [0.1, 0.15) is 53.0 Å². The van der Waals surface area contributed by atoms with Crippen LogP contribution in [0, 0.1) is 6.92 Å². The molecule has 0 radical (unpaired) electrons. The number of piperidine rings is 1. The summed E-state index contributed by atoms with van der Waals surface area (Å²) in [5, 5.41) is 11.4. The van der Waals surface area contributed by atoms with Crippen LogP contribution >= 0.6 is 0 Å². The highest BCUT2D eigenvalue weighted by Gasteiger charge is 2.53. The molecule has 1 saturated heterocycles. The van der Waals surface area contributed by atoms with Crippen molar-refractivity contribution in [1.82, 2.24) is 19.8 Å². The van der Waals surface area contributed by atoms with Crippen LogP contribution in [-0.2, 0) is 5.41 Å². The molecule has 2 atom stereocenters. The first-order valence-electron chi connectivity index (χ1n) is 10.0. The van der Waals surface area contributed by atoms with Crippen molar-refractivity contribution in [1.29, 1.82) is 0 Å². The predicted octanol–water partition coefficient (Wildman–Crippen LogP) is 2.33. The van der Waals surface area contributed by atoms with Gasteiger partial charge in [-0.15, -0.1) is 0 Å². The number of fused-ring (bicyclic) bond motifs is 2. The van der Waals surface area contributed by atoms with E-state index >= 15 is 0 Å². The van der Waals surface area contributed by atoms with Gasteiger partial charge in [0, 0.05) is 24.7 Å². The molecule has 4 rings (SSSR count). The van der Waals surface area contributed by atoms with E-state index in [1.807, 2.05) is 11.8 Å². The summed E-state index contributed by atoms with van der Waals surface area (Å²) in [5.41, 5.74) is 3.46. The first-order valence-corrected chi connectivity index (χ1v) is 10.0. The smallest absolute Gasteiger partial charge is 0.257 e. The summed E-state index contributed by atoms with van der Waals surface area (Å²) >= 11 is 0. The third-order valence-corrected chi connectivity index (χ3v) is 6.74. The van der Waals surface area contributed by atoms with Crippen molar-refractivity contribution < 1.29 is 9.90 Å². The summed E-state index contributed by atoms with van der Waals surface area (Å²) < 4.78 is 0. The van der Waals surface area contributed by atoms with Crippen molar-refractivity contribution in [3.05, 3.63) is 59.2 Å². The molecule has 1 aromatic heterocycles. The first-order chi connectivity index (χ1) is 13.5. The van der Waals surface area contributed by atoms with Crippen molar-refractivity contribution in [2.45, 2.75) is 44.2 Å². The zero-order valence-corrected chi connectivity index (χ0v) is 16.8. The van der Waals surface area contributed by atoms with Crippen LogP contribution in [0.4, 0.5) is 0 Å². The van der Waals surface area contributed by atoms with Gasteiger partial charge in [-0.2, -0.15) is 0 Å². The molecule has 6 heteroatoms. The van der Waals surface area contributed by atoms with Crippen molar-refractivity contribution in [3.8, 4) is 0 Å². The average molecular weight is 380 g/mol. The molecule has 1 amide bonds. The van der Waals surface area contributed by atoms with Gasteiger partial charge >= 0.3 is 0 Å². The summed E-state index contributed by atoms with van der Waals surface area (Å²) in [7, 11) is 2.07. The van der Waals surface area contributed by atoms with Crippen LogP contribution in [-0.4, -0.2) is 63.6 Å². The number of benzene rings is 1. The van der Waals surface area contributed by atoms with Crippen molar-refractivity contribution >= 4 is 5.91 Å². The van der Waals surface area contributed by atoms with E-state index in [9.17, 15) is 9.90 Å². The van der Waals surface area contributed by atoms with Gasteiger partial charge in [-0.1, -0.05) is 31.2 Å². The summed E-state index contributed by atoms with van der Waals surface area (Å²) in [4.78, 5) is 25.2. The van der Waals surface area contributed by atoms with E-state index in [0.29, 0.717) is 24.3 Å². The summed E-state index contributed by atoms with van der Waals surface area (Å²) in [6.45, 7) is 6.08. The number of rotatable bonds is 3. The highest BCUT2D eigenvalue weighted by atomic mass is 16.3. The molecule has 0 bridgehead atoms. The number of nitrogens with zero attached hydrogens (tertiary/aromatic N) is 4. The van der Waals surface area contributed by atoms with Gasteiger partial charge in [0.2, 0.25) is 0 Å². The predicted molar refractivity (Wildman–Crippen MR) is 107 cm³/mol. The molecule has 1 N–H and O–H groups in total. The zero-order valence-electron chi connectivity index (χ0n) is 16.8. The fraction of sp³-hybridized carbons (Fsp3) is 0.500. The molecular formula is C22H28N4O2. The number of carbonyl (C=O) groups is 1. The molecule has 0 unspecified atom stereocenters. The minimum atomic E-state index is -0.464. The highest BCUT2D eigenvalue weighted by Crippen LogP contribution is 2.52. The van der Waals surface area contributed by atoms with E-state index in [2.05, 4.69) is 53.1 Å². The van der Waals surface area contributed by atoms with E-state index in [4.69, 9.17) is 0 Å². The molecule has 1 aromatic carbocycles. The molecule has 148 valence electrons. The minimum Gasteiger partial charge on any atom is -0.390 e. The summed E-state index contributed by atoms with van der Waals surface area (Å²) in [6, 6.07) is 8.43. The molecule has 2 heterocycles. The maximum Gasteiger partial charge on any atom is 0.257 e. The van der Waals surface area contributed by atoms with Crippen molar-refractivity contribution in [2.75, 3.05) is 26.7 Å². The molecular weight excluding hydrogens is 352 g/mol. The molecule has 2 aliphatic rings. The quantitative estimate of drug-likeness (QED) is 0.885. The van der Waals surface area contributed by atoms with Crippen LogP contribution < -0.4 is 0 Å². The summed E-state index contributed by atoms with van der Waals surface area (Å²) in [6.07, 6.45) is 4.12. The number of likely N-dealkylation sites (N-methyl/N-ethyl adjacent to an activating group) is 1. The van der Waals surface area contributed by atoms with Gasteiger partial charge in [-0.25, -0.2) is 9.97 Å². The second-order valence-electron chi connectivity index (χ2n) is 8.02. The standard InChI is InChI=1S/C22H28N4O2/c1-4-25(3)19-16-7-5-6-8-18(16)22(20(19)27)9-11-26(12-10-22)21(28)17-13-23-14-24-15(17)2/h5-8,13-14,19-20,27H,4,9-12H2,1-3H3/t19-,20+/m0/s1. The van der Waals surface area contributed by atoms with Gasteiger partial charge < -0.3 is 10.0 Å². The van der Waals surface area contributed by atoms with Gasteiger partial charge in [-0.05, 0) is 44.5 Å². The number of hydrogen-bond donors (Lipinski definition) is 1. The molecule has 1 fully saturated rings. The Morgan fingerprint density at radius 1 is 1.32 bits per heavy atom. The lowest BCUT2D eigenvalue weighted by atomic mass is 9.72. The first kappa shape index (κ1) is 19.0. The Morgan fingerprint density at radius 2 is 2.04 bits per heavy atom. The lowest BCUT2D eigenvalue weighted by Gasteiger charge is -2.43. The lowest BCUT2D eigenvalue weighted by molar-refractivity contribution is -0.00595. The zero-order chi connectivity index (χ0) is 19.9. The maximum absolute atomic E-state index is 12.9. The molecule has 1 aliphatic heterocycles. The molecule has 1 spiro atoms. The van der Waals surface area contributed by atoms with Gasteiger partial charge in [0.1, 0.15) is 6.33 Å². The van der Waals surface area contributed by atoms with Crippen molar-refractivity contribution in [2.24, 2.45) is 0 Å². The van der Waals surface area contributed by atoms with E-state index in [0.717, 1.165) is 19.4 Å². The fourth-order valence-electron chi connectivity index (χ4n) is 4.96. The number of hydrogen-bond acceptors (Lipinski definition) is 5. The molecule has 0 saturated carbocycles. The van der Waals surface area contributed by atoms with Crippen LogP contribution in [0.25, 0.3) is 0 Å². The molecule has 28 heavy (non-hydrogen) atoms. The lowest BCUT2D eigenvalue weighted by Crippen LogP contribution is -2.50. The maximum atomic E-state index is 12.9. The van der Waals surface area contributed by atoms with E-state index in [1.54, 1.807) is 6.20 Å². The van der Waals surface area contributed by atoms with Gasteiger partial charge in [0.05, 0.1) is 23.4 Å². The molecule has 2 aromatic rings. The third kappa shape index (κ3) is 2.83. The Morgan fingerprint density at radius 3 is 2.71 bits per heavy atom. The normalized spacial score (nSPS) is 23.2. The minimum absolute atomic E-state index is 0.00761. The number of likely N-dealkylation sites (tertiary alicyclic amines) is 1. The number of amides is 1. The average Bonchev–Trinajstić information content (AvgIpc) is 2.96. The number of carbonyl (C=O) groups excluding carboxylic acids is 1. The van der Waals surface area contributed by atoms with E-state index in [-0.39, 0.29) is 17.4 Å². The summed E-state index contributed by atoms with van der Waals surface area (Å²) in [5.74, 6) is -0.0176. The number of aryl methyl sites for hydroxylation is 1. The fourth-order valence-corrected chi connectivity index (χ4v) is 4.96. The van der Waals surface area contributed by atoms with Crippen LogP contribution in [0.15, 0.2) is 36.8 Å². The Labute approximate surface area is 166 Å². The van der Waals surface area contributed by atoms with Gasteiger partial charge in [0.15, 0.2) is 0 Å². The van der Waals surface area contributed by atoms with E-state index in [1.165, 1.54) is 17.5 Å². The highest BCUT2D eigenvalue weighted by molar-refractivity contribution is 5.95. The second kappa shape index (κ2) is 7.26. The Balaban J connectivity index is 1.60. The topological polar surface area (TPSA) is 69.6 Å². The van der Waals surface area contributed by atoms with Crippen LogP contribution in [0.2, 0.25) is 0 Å². The second-order valence-corrected chi connectivity index (χ2v) is 8.02. The molecule has 6 nitrogen and oxygen atoms in total. The monoisotopic (exact) mass is 380 g/mol. The van der Waals surface area contributed by atoms with Crippen LogP contribution in [0.5, 0.6) is 0 Å². The van der Waals surface area contributed by atoms with Crippen molar-refractivity contribution in [3.63, 3.8) is 0 Å². The van der Waals surface area contributed by atoms with Crippen LogP contribution in [0.3, 0.4) is 0 Å². The van der Waals surface area contributed by atoms with E-state index < -0.39 is 6.10 Å². The molecule has 1 aliphatic carbocycles. The third-order valence-electron chi connectivity index (χ3n) is 6.74.